The van der Waals surface area contributed by atoms with E-state index in [1.54, 1.807) is 42.3 Å². The highest BCUT2D eigenvalue weighted by Crippen LogP contribution is 2.27. The first-order valence-electron chi connectivity index (χ1n) is 8.16. The number of nitrogens with one attached hydrogen (secondary N) is 2. The Bertz CT molecular complexity index is 843. The average molecular weight is 410 g/mol. The number of halogens is 2. The van der Waals surface area contributed by atoms with Crippen LogP contribution < -0.4 is 15.4 Å². The molecule has 144 valence electrons. The van der Waals surface area contributed by atoms with Crippen LogP contribution in [0.3, 0.4) is 0 Å². The maximum atomic E-state index is 12.2. The molecule has 2 rings (SSSR count). The lowest BCUT2D eigenvalue weighted by molar-refractivity contribution is -0.119. The van der Waals surface area contributed by atoms with Crippen molar-refractivity contribution in [3.05, 3.63) is 52.0 Å². The van der Waals surface area contributed by atoms with Gasteiger partial charge in [0.05, 0.1) is 25.9 Å². The zero-order valence-corrected chi connectivity index (χ0v) is 16.8. The van der Waals surface area contributed by atoms with Gasteiger partial charge in [-0.05, 0) is 49.9 Å². The minimum absolute atomic E-state index is 0.0254. The number of carbonyl (C=O) groups excluding carboxylic acids is 2. The normalized spacial score (nSPS) is 10.6. The van der Waals surface area contributed by atoms with Crippen LogP contribution in [0, 0.1) is 6.92 Å². The molecule has 0 bridgehead atoms. The van der Waals surface area contributed by atoms with E-state index in [9.17, 15) is 9.59 Å². The van der Waals surface area contributed by atoms with Crippen molar-refractivity contribution in [3.63, 3.8) is 0 Å². The molecule has 2 aromatic rings. The van der Waals surface area contributed by atoms with Gasteiger partial charge in [-0.2, -0.15) is 0 Å². The van der Waals surface area contributed by atoms with Gasteiger partial charge < -0.3 is 15.4 Å². The number of anilines is 2. The van der Waals surface area contributed by atoms with Crippen molar-refractivity contribution in [1.82, 2.24) is 4.90 Å². The van der Waals surface area contributed by atoms with E-state index >= 15 is 0 Å². The molecule has 0 aliphatic heterocycles. The summed E-state index contributed by atoms with van der Waals surface area (Å²) in [5, 5.41) is 6.55. The van der Waals surface area contributed by atoms with Crippen LogP contribution in [-0.4, -0.2) is 44.0 Å². The first-order valence-corrected chi connectivity index (χ1v) is 8.92. The third kappa shape index (κ3) is 6.43. The van der Waals surface area contributed by atoms with E-state index in [1.807, 2.05) is 13.0 Å². The Hall–Kier alpha value is -2.28. The van der Waals surface area contributed by atoms with Crippen LogP contribution in [0.4, 0.5) is 11.4 Å². The van der Waals surface area contributed by atoms with Gasteiger partial charge in [-0.25, -0.2) is 0 Å². The fourth-order valence-corrected chi connectivity index (χ4v) is 2.78. The first-order chi connectivity index (χ1) is 12.8. The largest absolute Gasteiger partial charge is 0.495 e. The molecule has 0 aromatic heterocycles. The second-order valence-corrected chi connectivity index (χ2v) is 6.95. The summed E-state index contributed by atoms with van der Waals surface area (Å²) in [4.78, 5) is 26.0. The van der Waals surface area contributed by atoms with Crippen molar-refractivity contribution >= 4 is 46.4 Å². The number of rotatable bonds is 7. The van der Waals surface area contributed by atoms with Gasteiger partial charge in [0.1, 0.15) is 5.75 Å². The standard InChI is InChI=1S/C19H21Cl2N3O3/c1-12-4-5-13(20)8-15(12)22-18(25)10-24(2)11-19(26)23-16-9-14(21)6-7-17(16)27-3/h4-9H,10-11H2,1-3H3,(H,22,25)(H,23,26). The van der Waals surface area contributed by atoms with Crippen LogP contribution >= 0.6 is 23.2 Å². The van der Waals surface area contributed by atoms with Crippen LogP contribution in [0.15, 0.2) is 36.4 Å². The van der Waals surface area contributed by atoms with Crippen molar-refractivity contribution in [1.29, 1.82) is 0 Å². The van der Waals surface area contributed by atoms with Crippen molar-refractivity contribution in [3.8, 4) is 5.75 Å². The van der Waals surface area contributed by atoms with Gasteiger partial charge in [-0.1, -0.05) is 29.3 Å². The molecule has 0 heterocycles. The molecule has 0 atom stereocenters. The van der Waals surface area contributed by atoms with Gasteiger partial charge in [0.2, 0.25) is 11.8 Å². The molecule has 0 saturated heterocycles. The zero-order chi connectivity index (χ0) is 20.0. The number of carbonyl (C=O) groups is 2. The second kappa shape index (κ2) is 9.60. The van der Waals surface area contributed by atoms with Gasteiger partial charge in [-0.15, -0.1) is 0 Å². The Morgan fingerprint density at radius 1 is 0.963 bits per heavy atom. The average Bonchev–Trinajstić information content (AvgIpc) is 2.58. The fraction of sp³-hybridized carbons (Fsp3) is 0.263. The summed E-state index contributed by atoms with van der Waals surface area (Å²) in [6, 6.07) is 10.2. The number of nitrogens with zero attached hydrogens (tertiary/aromatic N) is 1. The van der Waals surface area contributed by atoms with Crippen molar-refractivity contribution in [2.24, 2.45) is 0 Å². The SMILES string of the molecule is COc1ccc(Cl)cc1NC(=O)CN(C)CC(=O)Nc1cc(Cl)ccc1C. The molecule has 2 N–H and O–H groups in total. The van der Waals surface area contributed by atoms with E-state index in [0.29, 0.717) is 27.2 Å². The fourth-order valence-electron chi connectivity index (χ4n) is 2.43. The van der Waals surface area contributed by atoms with Crippen molar-refractivity contribution < 1.29 is 14.3 Å². The van der Waals surface area contributed by atoms with E-state index in [2.05, 4.69) is 10.6 Å². The van der Waals surface area contributed by atoms with E-state index in [4.69, 9.17) is 27.9 Å². The third-order valence-electron chi connectivity index (χ3n) is 3.74. The van der Waals surface area contributed by atoms with Crippen LogP contribution in [0.25, 0.3) is 0 Å². The third-order valence-corrected chi connectivity index (χ3v) is 4.21. The molecular formula is C19H21Cl2N3O3. The Morgan fingerprint density at radius 3 is 2.07 bits per heavy atom. The van der Waals surface area contributed by atoms with Crippen molar-refractivity contribution in [2.75, 3.05) is 37.9 Å². The molecule has 0 saturated carbocycles. The van der Waals surface area contributed by atoms with Crippen molar-refractivity contribution in [2.45, 2.75) is 6.92 Å². The lowest BCUT2D eigenvalue weighted by Crippen LogP contribution is -2.36. The smallest absolute Gasteiger partial charge is 0.238 e. The van der Waals surface area contributed by atoms with Crippen LogP contribution in [0.2, 0.25) is 10.0 Å². The van der Waals surface area contributed by atoms with Gasteiger partial charge >= 0.3 is 0 Å². The molecule has 8 heteroatoms. The second-order valence-electron chi connectivity index (χ2n) is 6.07. The van der Waals surface area contributed by atoms with Gasteiger partial charge in [0.15, 0.2) is 0 Å². The lowest BCUT2D eigenvalue weighted by atomic mass is 10.2. The molecule has 2 amide bonds. The maximum absolute atomic E-state index is 12.2. The highest BCUT2D eigenvalue weighted by molar-refractivity contribution is 6.31. The van der Waals surface area contributed by atoms with E-state index in [-0.39, 0.29) is 24.9 Å². The number of likely N-dealkylation sites (N-methyl/N-ethyl adjacent to an activating group) is 1. The quantitative estimate of drug-likeness (QED) is 0.728. The number of benzene rings is 2. The Morgan fingerprint density at radius 2 is 1.48 bits per heavy atom. The molecule has 27 heavy (non-hydrogen) atoms. The number of hydrogen-bond donors (Lipinski definition) is 2. The number of aryl methyl sites for hydroxylation is 1. The topological polar surface area (TPSA) is 70.7 Å². The number of amides is 2. The lowest BCUT2D eigenvalue weighted by Gasteiger charge is -2.17. The van der Waals surface area contributed by atoms with E-state index in [0.717, 1.165) is 5.56 Å². The zero-order valence-electron chi connectivity index (χ0n) is 15.3. The molecule has 0 radical (unpaired) electrons. The Balaban J connectivity index is 1.90. The van der Waals surface area contributed by atoms with Crippen LogP contribution in [0.1, 0.15) is 5.56 Å². The molecule has 0 unspecified atom stereocenters. The summed E-state index contributed by atoms with van der Waals surface area (Å²) in [5.74, 6) is -0.0228. The predicted molar refractivity (Wildman–Crippen MR) is 109 cm³/mol. The molecule has 0 aliphatic rings. The number of methoxy groups -OCH3 is 1. The summed E-state index contributed by atoms with van der Waals surface area (Å²) in [7, 11) is 3.19. The number of hydrogen-bond acceptors (Lipinski definition) is 4. The molecule has 2 aromatic carbocycles. The Kier molecular flexibility index (Phi) is 7.47. The highest BCUT2D eigenvalue weighted by Gasteiger charge is 2.14. The monoisotopic (exact) mass is 409 g/mol. The summed E-state index contributed by atoms with van der Waals surface area (Å²) in [6.07, 6.45) is 0. The number of ether oxygens (including phenoxy) is 1. The highest BCUT2D eigenvalue weighted by atomic mass is 35.5. The molecule has 0 aliphatic carbocycles. The van der Waals surface area contributed by atoms with Gasteiger partial charge in [0, 0.05) is 15.7 Å². The predicted octanol–water partition coefficient (Wildman–Crippen LogP) is 3.82. The molecular weight excluding hydrogens is 389 g/mol. The van der Waals surface area contributed by atoms with Gasteiger partial charge in [0.25, 0.3) is 0 Å². The molecule has 0 spiro atoms. The summed E-state index contributed by atoms with van der Waals surface area (Å²) in [5.41, 5.74) is 2.03. The maximum Gasteiger partial charge on any atom is 0.238 e. The Labute approximate surface area is 168 Å². The molecule has 0 fully saturated rings. The van der Waals surface area contributed by atoms with Gasteiger partial charge in [-0.3, -0.25) is 14.5 Å². The van der Waals surface area contributed by atoms with Crippen LogP contribution in [-0.2, 0) is 9.59 Å². The minimum Gasteiger partial charge on any atom is -0.495 e. The van der Waals surface area contributed by atoms with E-state index < -0.39 is 0 Å². The minimum atomic E-state index is -0.287. The molecule has 6 nitrogen and oxygen atoms in total. The first kappa shape index (κ1) is 21.0. The van der Waals surface area contributed by atoms with E-state index in [1.165, 1.54) is 7.11 Å². The summed E-state index contributed by atoms with van der Waals surface area (Å²) in [6.45, 7) is 1.95. The van der Waals surface area contributed by atoms with Crippen LogP contribution in [0.5, 0.6) is 5.75 Å². The summed E-state index contributed by atoms with van der Waals surface area (Å²) >= 11 is 11.9. The summed E-state index contributed by atoms with van der Waals surface area (Å²) < 4.78 is 5.20.